The van der Waals surface area contributed by atoms with Crippen molar-refractivity contribution < 1.29 is 4.79 Å². The molecule has 0 spiro atoms. The number of nitrogens with two attached hydrogens (primary N) is 1. The monoisotopic (exact) mass is 302 g/mol. The molecule has 0 bridgehead atoms. The largest absolute Gasteiger partial charge is 0.342 e. The van der Waals surface area contributed by atoms with Crippen LogP contribution in [0.15, 0.2) is 0 Å². The van der Waals surface area contributed by atoms with E-state index < -0.39 is 0 Å². The standard InChI is InChI=1S/C16H30N2O.ClH/c1-12-5-3-6-14(9-12)10-16(19)18-8-4-7-15(11-18)13(2)17;/h12-15H,3-11,17H2,1-2H3;1H. The summed E-state index contributed by atoms with van der Waals surface area (Å²) in [5.41, 5.74) is 5.99. The number of carbonyl (C=O) groups is 1. The minimum absolute atomic E-state index is 0. The van der Waals surface area contributed by atoms with E-state index in [9.17, 15) is 4.79 Å². The summed E-state index contributed by atoms with van der Waals surface area (Å²) in [6, 6.07) is 0.213. The molecule has 0 radical (unpaired) electrons. The molecule has 2 N–H and O–H groups in total. The summed E-state index contributed by atoms with van der Waals surface area (Å²) in [6.07, 6.45) is 8.23. The second-order valence-electron chi connectivity index (χ2n) is 6.94. The number of halogens is 1. The number of rotatable bonds is 3. The topological polar surface area (TPSA) is 46.3 Å². The molecule has 3 nitrogen and oxygen atoms in total. The molecule has 2 fully saturated rings. The number of nitrogens with zero attached hydrogens (tertiary/aromatic N) is 1. The van der Waals surface area contributed by atoms with Gasteiger partial charge in [-0.3, -0.25) is 4.79 Å². The van der Waals surface area contributed by atoms with Gasteiger partial charge in [0.15, 0.2) is 0 Å². The summed E-state index contributed by atoms with van der Waals surface area (Å²) in [5, 5.41) is 0. The van der Waals surface area contributed by atoms with Crippen molar-refractivity contribution in [3.8, 4) is 0 Å². The van der Waals surface area contributed by atoms with Crippen LogP contribution in [-0.2, 0) is 4.79 Å². The van der Waals surface area contributed by atoms with Crippen LogP contribution in [0.2, 0.25) is 0 Å². The van der Waals surface area contributed by atoms with E-state index in [0.717, 1.165) is 31.8 Å². The van der Waals surface area contributed by atoms with Gasteiger partial charge in [0.25, 0.3) is 0 Å². The van der Waals surface area contributed by atoms with Gasteiger partial charge in [0.2, 0.25) is 5.91 Å². The van der Waals surface area contributed by atoms with E-state index in [2.05, 4.69) is 18.7 Å². The lowest BCUT2D eigenvalue weighted by Gasteiger charge is -2.36. The van der Waals surface area contributed by atoms with Crippen LogP contribution in [0.4, 0.5) is 0 Å². The van der Waals surface area contributed by atoms with Gasteiger partial charge in [-0.25, -0.2) is 0 Å². The normalized spacial score (nSPS) is 32.4. The van der Waals surface area contributed by atoms with Gasteiger partial charge in [0.05, 0.1) is 0 Å². The Labute approximate surface area is 130 Å². The van der Waals surface area contributed by atoms with Crippen molar-refractivity contribution in [2.24, 2.45) is 23.5 Å². The molecule has 1 amide bonds. The fourth-order valence-electron chi connectivity index (χ4n) is 3.79. The highest BCUT2D eigenvalue weighted by atomic mass is 35.5. The lowest BCUT2D eigenvalue weighted by molar-refractivity contribution is -0.134. The zero-order valence-electron chi connectivity index (χ0n) is 13.0. The predicted molar refractivity (Wildman–Crippen MR) is 85.9 cm³/mol. The average Bonchev–Trinajstić information content (AvgIpc) is 2.39. The first kappa shape index (κ1) is 17.8. The smallest absolute Gasteiger partial charge is 0.222 e. The summed E-state index contributed by atoms with van der Waals surface area (Å²) in [6.45, 7) is 6.23. The van der Waals surface area contributed by atoms with Crippen LogP contribution >= 0.6 is 12.4 Å². The van der Waals surface area contributed by atoms with Crippen LogP contribution in [0.25, 0.3) is 0 Å². The zero-order chi connectivity index (χ0) is 13.8. The first-order valence-corrected chi connectivity index (χ1v) is 8.09. The Bertz CT molecular complexity index is 309. The maximum atomic E-state index is 12.4. The third kappa shape index (κ3) is 4.92. The minimum atomic E-state index is 0. The van der Waals surface area contributed by atoms with Crippen molar-refractivity contribution in [1.82, 2.24) is 4.90 Å². The number of carbonyl (C=O) groups excluding carboxylic acids is 1. The lowest BCUT2D eigenvalue weighted by atomic mass is 9.80. The summed E-state index contributed by atoms with van der Waals surface area (Å²) < 4.78 is 0. The third-order valence-corrected chi connectivity index (χ3v) is 5.06. The maximum absolute atomic E-state index is 12.4. The molecule has 118 valence electrons. The number of piperidine rings is 1. The third-order valence-electron chi connectivity index (χ3n) is 5.06. The van der Waals surface area contributed by atoms with E-state index in [1.54, 1.807) is 0 Å². The minimum Gasteiger partial charge on any atom is -0.342 e. The highest BCUT2D eigenvalue weighted by Crippen LogP contribution is 2.31. The van der Waals surface area contributed by atoms with E-state index in [-0.39, 0.29) is 18.4 Å². The Balaban J connectivity index is 0.00000200. The fraction of sp³-hybridized carbons (Fsp3) is 0.938. The van der Waals surface area contributed by atoms with Gasteiger partial charge in [-0.15, -0.1) is 12.4 Å². The number of likely N-dealkylation sites (tertiary alicyclic amines) is 1. The maximum Gasteiger partial charge on any atom is 0.222 e. The molecule has 4 heteroatoms. The highest BCUT2D eigenvalue weighted by molar-refractivity contribution is 5.85. The highest BCUT2D eigenvalue weighted by Gasteiger charge is 2.28. The Morgan fingerprint density at radius 3 is 2.70 bits per heavy atom. The van der Waals surface area contributed by atoms with E-state index in [1.807, 2.05) is 0 Å². The van der Waals surface area contributed by atoms with Crippen molar-refractivity contribution in [3.63, 3.8) is 0 Å². The van der Waals surface area contributed by atoms with Crippen LogP contribution in [0.1, 0.15) is 58.8 Å². The molecule has 0 aromatic rings. The molecule has 0 aromatic heterocycles. The van der Waals surface area contributed by atoms with Crippen molar-refractivity contribution in [2.75, 3.05) is 13.1 Å². The first-order valence-electron chi connectivity index (χ1n) is 8.09. The molecular formula is C16H31ClN2O. The second-order valence-corrected chi connectivity index (χ2v) is 6.94. The van der Waals surface area contributed by atoms with Gasteiger partial charge in [-0.1, -0.05) is 19.8 Å². The van der Waals surface area contributed by atoms with Gasteiger partial charge in [0.1, 0.15) is 0 Å². The molecular weight excluding hydrogens is 272 g/mol. The molecule has 1 saturated carbocycles. The van der Waals surface area contributed by atoms with Crippen molar-refractivity contribution in [2.45, 2.75) is 64.8 Å². The number of hydrogen-bond acceptors (Lipinski definition) is 2. The number of hydrogen-bond donors (Lipinski definition) is 1. The first-order chi connectivity index (χ1) is 9.06. The lowest BCUT2D eigenvalue weighted by Crippen LogP contribution is -2.45. The van der Waals surface area contributed by atoms with Crippen LogP contribution < -0.4 is 5.73 Å². The van der Waals surface area contributed by atoms with Gasteiger partial charge in [-0.05, 0) is 50.4 Å². The predicted octanol–water partition coefficient (Wildman–Crippen LogP) is 3.21. The van der Waals surface area contributed by atoms with E-state index >= 15 is 0 Å². The molecule has 20 heavy (non-hydrogen) atoms. The molecule has 4 atom stereocenters. The van der Waals surface area contributed by atoms with Gasteiger partial charge in [0, 0.05) is 25.6 Å². The Morgan fingerprint density at radius 2 is 2.05 bits per heavy atom. The second kappa shape index (κ2) is 8.23. The quantitative estimate of drug-likeness (QED) is 0.870. The van der Waals surface area contributed by atoms with E-state index in [1.165, 1.54) is 32.1 Å². The molecule has 1 aliphatic heterocycles. The SMILES string of the molecule is CC1CCCC(CC(=O)N2CCCC(C(C)N)C2)C1.Cl. The molecule has 0 aromatic carbocycles. The Kier molecular flexibility index (Phi) is 7.32. The van der Waals surface area contributed by atoms with E-state index in [4.69, 9.17) is 5.73 Å². The average molecular weight is 303 g/mol. The summed E-state index contributed by atoms with van der Waals surface area (Å²) in [7, 11) is 0. The van der Waals surface area contributed by atoms with Crippen LogP contribution in [0.5, 0.6) is 0 Å². The summed E-state index contributed by atoms with van der Waals surface area (Å²) in [5.74, 6) is 2.32. The van der Waals surface area contributed by atoms with Crippen LogP contribution in [-0.4, -0.2) is 29.9 Å². The fourth-order valence-corrected chi connectivity index (χ4v) is 3.79. The van der Waals surface area contributed by atoms with Crippen molar-refractivity contribution in [1.29, 1.82) is 0 Å². The molecule has 2 aliphatic rings. The van der Waals surface area contributed by atoms with Crippen LogP contribution in [0.3, 0.4) is 0 Å². The molecule has 1 aliphatic carbocycles. The molecule has 1 heterocycles. The summed E-state index contributed by atoms with van der Waals surface area (Å²) in [4.78, 5) is 14.5. The van der Waals surface area contributed by atoms with Gasteiger partial charge in [-0.2, -0.15) is 0 Å². The number of amides is 1. The van der Waals surface area contributed by atoms with Gasteiger partial charge < -0.3 is 10.6 Å². The molecule has 1 saturated heterocycles. The van der Waals surface area contributed by atoms with Crippen molar-refractivity contribution in [3.05, 3.63) is 0 Å². The summed E-state index contributed by atoms with van der Waals surface area (Å²) >= 11 is 0. The molecule has 2 rings (SSSR count). The molecule has 4 unspecified atom stereocenters. The Morgan fingerprint density at radius 1 is 1.30 bits per heavy atom. The Hall–Kier alpha value is -0.280. The van der Waals surface area contributed by atoms with Crippen LogP contribution in [0, 0.1) is 17.8 Å². The van der Waals surface area contributed by atoms with Gasteiger partial charge >= 0.3 is 0 Å². The zero-order valence-corrected chi connectivity index (χ0v) is 13.8. The van der Waals surface area contributed by atoms with E-state index in [0.29, 0.717) is 17.7 Å². The van der Waals surface area contributed by atoms with Crippen molar-refractivity contribution >= 4 is 18.3 Å².